The lowest BCUT2D eigenvalue weighted by Gasteiger charge is -2.22. The average molecular weight is 280 g/mol. The van der Waals surface area contributed by atoms with Gasteiger partial charge in [-0.25, -0.2) is 0 Å². The molecular formula is C13H16N2OS2. The number of rotatable bonds is 5. The number of hydrogen-bond donors (Lipinski definition) is 1. The molecule has 0 aliphatic heterocycles. The van der Waals surface area contributed by atoms with Crippen LogP contribution in [-0.2, 0) is 11.3 Å². The van der Waals surface area contributed by atoms with Crippen LogP contribution < -0.4 is 5.32 Å². The number of thiophene rings is 2. The summed E-state index contributed by atoms with van der Waals surface area (Å²) in [7, 11) is 3.67. The molecule has 0 spiro atoms. The molecule has 3 nitrogen and oxygen atoms in total. The summed E-state index contributed by atoms with van der Waals surface area (Å²) in [5.74, 6) is 0.103. The van der Waals surface area contributed by atoms with E-state index < -0.39 is 0 Å². The van der Waals surface area contributed by atoms with Gasteiger partial charge in [-0.1, -0.05) is 6.07 Å². The Hall–Kier alpha value is -1.17. The maximum Gasteiger partial charge on any atom is 0.245 e. The van der Waals surface area contributed by atoms with Crippen molar-refractivity contribution in [3.63, 3.8) is 0 Å². The van der Waals surface area contributed by atoms with Crippen LogP contribution in [0.15, 0.2) is 34.3 Å². The molecule has 0 saturated carbocycles. The van der Waals surface area contributed by atoms with Gasteiger partial charge in [-0.2, -0.15) is 11.3 Å². The first kappa shape index (κ1) is 13.3. The minimum absolute atomic E-state index is 0.103. The van der Waals surface area contributed by atoms with Gasteiger partial charge in [-0.3, -0.25) is 4.79 Å². The first-order chi connectivity index (χ1) is 8.72. The zero-order valence-corrected chi connectivity index (χ0v) is 12.1. The van der Waals surface area contributed by atoms with Gasteiger partial charge in [0.15, 0.2) is 0 Å². The quantitative estimate of drug-likeness (QED) is 0.913. The van der Waals surface area contributed by atoms with Gasteiger partial charge in [-0.05, 0) is 40.9 Å². The Kier molecular flexibility index (Phi) is 4.52. The fourth-order valence-electron chi connectivity index (χ4n) is 1.80. The number of carbonyl (C=O) groups excluding carboxylic acids is 1. The second-order valence-corrected chi connectivity index (χ2v) is 5.82. The van der Waals surface area contributed by atoms with E-state index in [1.54, 1.807) is 27.6 Å². The molecule has 0 aliphatic rings. The van der Waals surface area contributed by atoms with E-state index in [9.17, 15) is 4.79 Å². The molecule has 0 bridgehead atoms. The molecule has 0 fully saturated rings. The van der Waals surface area contributed by atoms with Crippen LogP contribution in [-0.4, -0.2) is 24.9 Å². The van der Waals surface area contributed by atoms with Crippen molar-refractivity contribution in [3.05, 3.63) is 44.8 Å². The van der Waals surface area contributed by atoms with Crippen molar-refractivity contribution in [1.82, 2.24) is 10.2 Å². The van der Waals surface area contributed by atoms with Crippen LogP contribution in [0.4, 0.5) is 0 Å². The average Bonchev–Trinajstić information content (AvgIpc) is 3.02. The molecule has 96 valence electrons. The van der Waals surface area contributed by atoms with Gasteiger partial charge < -0.3 is 10.2 Å². The van der Waals surface area contributed by atoms with Gasteiger partial charge in [0.2, 0.25) is 5.91 Å². The highest BCUT2D eigenvalue weighted by Gasteiger charge is 2.23. The monoisotopic (exact) mass is 280 g/mol. The minimum Gasteiger partial charge on any atom is -0.340 e. The highest BCUT2D eigenvalue weighted by Crippen LogP contribution is 2.21. The normalized spacial score (nSPS) is 12.3. The maximum absolute atomic E-state index is 12.4. The standard InChI is InChI=1S/C13H16N2OS2/c1-14-12(11-4-3-6-18-11)13(16)15(2)8-10-5-7-17-9-10/h3-7,9,12,14H,8H2,1-2H3. The van der Waals surface area contributed by atoms with Gasteiger partial charge in [0.25, 0.3) is 0 Å². The summed E-state index contributed by atoms with van der Waals surface area (Å²) in [6.45, 7) is 0.659. The predicted octanol–water partition coefficient (Wildman–Crippen LogP) is 2.73. The van der Waals surface area contributed by atoms with Crippen molar-refractivity contribution in [2.45, 2.75) is 12.6 Å². The predicted molar refractivity (Wildman–Crippen MR) is 76.9 cm³/mol. The fourth-order valence-corrected chi connectivity index (χ4v) is 3.28. The van der Waals surface area contributed by atoms with Crippen molar-refractivity contribution < 1.29 is 4.79 Å². The summed E-state index contributed by atoms with van der Waals surface area (Å²) in [4.78, 5) is 15.2. The van der Waals surface area contributed by atoms with Crippen LogP contribution in [0.5, 0.6) is 0 Å². The molecule has 2 aromatic rings. The molecule has 0 saturated heterocycles. The molecule has 1 amide bonds. The smallest absolute Gasteiger partial charge is 0.245 e. The number of hydrogen-bond acceptors (Lipinski definition) is 4. The molecule has 1 atom stereocenters. The largest absolute Gasteiger partial charge is 0.340 e. The number of carbonyl (C=O) groups is 1. The van der Waals surface area contributed by atoms with E-state index in [1.807, 2.05) is 43.1 Å². The van der Waals surface area contributed by atoms with Gasteiger partial charge in [-0.15, -0.1) is 11.3 Å². The Morgan fingerprint density at radius 1 is 1.44 bits per heavy atom. The van der Waals surface area contributed by atoms with Crippen molar-refractivity contribution >= 4 is 28.6 Å². The summed E-state index contributed by atoms with van der Waals surface area (Å²) in [6.07, 6.45) is 0. The third kappa shape index (κ3) is 2.98. The molecule has 2 heterocycles. The molecule has 2 aromatic heterocycles. The Bertz CT molecular complexity index is 479. The summed E-state index contributed by atoms with van der Waals surface area (Å²) < 4.78 is 0. The highest BCUT2D eigenvalue weighted by molar-refractivity contribution is 7.10. The van der Waals surface area contributed by atoms with E-state index in [4.69, 9.17) is 0 Å². The Labute approximate surface area is 115 Å². The van der Waals surface area contributed by atoms with E-state index in [1.165, 1.54) is 5.56 Å². The minimum atomic E-state index is -0.242. The molecule has 1 N–H and O–H groups in total. The summed E-state index contributed by atoms with van der Waals surface area (Å²) in [5, 5.41) is 9.18. The Morgan fingerprint density at radius 2 is 2.28 bits per heavy atom. The van der Waals surface area contributed by atoms with E-state index in [0.29, 0.717) is 6.54 Å². The lowest BCUT2D eigenvalue weighted by Crippen LogP contribution is -2.36. The number of nitrogens with zero attached hydrogens (tertiary/aromatic N) is 1. The van der Waals surface area contributed by atoms with Crippen LogP contribution in [0.1, 0.15) is 16.5 Å². The second-order valence-electron chi connectivity index (χ2n) is 4.06. The topological polar surface area (TPSA) is 32.3 Å². The summed E-state index contributed by atoms with van der Waals surface area (Å²) in [5.41, 5.74) is 1.18. The SMILES string of the molecule is CNC(C(=O)N(C)Cc1ccsc1)c1cccs1. The first-order valence-corrected chi connectivity index (χ1v) is 7.51. The van der Waals surface area contributed by atoms with Crippen LogP contribution in [0.3, 0.4) is 0 Å². The number of nitrogens with one attached hydrogen (secondary N) is 1. The molecule has 0 aromatic carbocycles. The highest BCUT2D eigenvalue weighted by atomic mass is 32.1. The van der Waals surface area contributed by atoms with Crippen LogP contribution in [0.25, 0.3) is 0 Å². The second kappa shape index (κ2) is 6.13. The molecule has 2 rings (SSSR count). The molecular weight excluding hydrogens is 264 g/mol. The van der Waals surface area contributed by atoms with Crippen LogP contribution >= 0.6 is 22.7 Å². The van der Waals surface area contributed by atoms with E-state index >= 15 is 0 Å². The zero-order valence-electron chi connectivity index (χ0n) is 10.4. The molecule has 0 radical (unpaired) electrons. The summed E-state index contributed by atoms with van der Waals surface area (Å²) in [6, 6.07) is 5.76. The van der Waals surface area contributed by atoms with E-state index in [2.05, 4.69) is 10.7 Å². The zero-order chi connectivity index (χ0) is 13.0. The van der Waals surface area contributed by atoms with Gasteiger partial charge in [0.05, 0.1) is 0 Å². The Morgan fingerprint density at radius 3 is 2.83 bits per heavy atom. The molecule has 18 heavy (non-hydrogen) atoms. The van der Waals surface area contributed by atoms with Crippen molar-refractivity contribution in [2.75, 3.05) is 14.1 Å². The molecule has 0 aliphatic carbocycles. The van der Waals surface area contributed by atoms with Gasteiger partial charge in [0, 0.05) is 18.5 Å². The molecule has 5 heteroatoms. The third-order valence-electron chi connectivity index (χ3n) is 2.74. The number of likely N-dealkylation sites (N-methyl/N-ethyl adjacent to an activating group) is 2. The van der Waals surface area contributed by atoms with E-state index in [0.717, 1.165) is 4.88 Å². The van der Waals surface area contributed by atoms with E-state index in [-0.39, 0.29) is 11.9 Å². The van der Waals surface area contributed by atoms with Crippen LogP contribution in [0, 0.1) is 0 Å². The fraction of sp³-hybridized carbons (Fsp3) is 0.308. The lowest BCUT2D eigenvalue weighted by atomic mass is 10.2. The van der Waals surface area contributed by atoms with Gasteiger partial charge >= 0.3 is 0 Å². The third-order valence-corrected chi connectivity index (χ3v) is 4.41. The first-order valence-electron chi connectivity index (χ1n) is 5.69. The number of amides is 1. The van der Waals surface area contributed by atoms with Gasteiger partial charge in [0.1, 0.15) is 6.04 Å². The van der Waals surface area contributed by atoms with Crippen molar-refractivity contribution in [1.29, 1.82) is 0 Å². The van der Waals surface area contributed by atoms with Crippen molar-refractivity contribution in [2.24, 2.45) is 0 Å². The maximum atomic E-state index is 12.4. The van der Waals surface area contributed by atoms with Crippen molar-refractivity contribution in [3.8, 4) is 0 Å². The lowest BCUT2D eigenvalue weighted by molar-refractivity contribution is -0.132. The van der Waals surface area contributed by atoms with Crippen LogP contribution in [0.2, 0.25) is 0 Å². The summed E-state index contributed by atoms with van der Waals surface area (Å²) >= 11 is 3.26. The molecule has 1 unspecified atom stereocenters. The Balaban J connectivity index is 2.05.